The summed E-state index contributed by atoms with van der Waals surface area (Å²) in [5, 5.41) is 0. The number of nitrogens with two attached hydrogens (primary N) is 1. The van der Waals surface area contributed by atoms with Crippen LogP contribution >= 0.6 is 0 Å². The lowest BCUT2D eigenvalue weighted by molar-refractivity contribution is -0.140. The van der Waals surface area contributed by atoms with Crippen LogP contribution in [0.15, 0.2) is 42.6 Å². The Kier molecular flexibility index (Phi) is 6.43. The molecular formula is C24H29N3O3. The van der Waals surface area contributed by atoms with E-state index in [1.807, 2.05) is 29.2 Å². The largest absolute Gasteiger partial charge is 0.368 e. The smallest absolute Gasteiger partial charge is 0.248 e. The second-order valence-electron chi connectivity index (χ2n) is 8.32. The summed E-state index contributed by atoms with van der Waals surface area (Å²) in [6, 6.07) is 11.1. The Morgan fingerprint density at radius 3 is 2.67 bits per heavy atom. The zero-order chi connectivity index (χ0) is 20.9. The number of amides is 2. The molecule has 0 spiro atoms. The minimum absolute atomic E-state index is 0.208. The molecule has 0 bridgehead atoms. The Balaban J connectivity index is 1.40. The molecule has 6 heteroatoms. The normalized spacial score (nSPS) is 20.1. The molecule has 158 valence electrons. The van der Waals surface area contributed by atoms with Crippen LogP contribution < -0.4 is 5.73 Å². The average Bonchev–Trinajstić information content (AvgIpc) is 2.80. The zero-order valence-electron chi connectivity index (χ0n) is 17.3. The van der Waals surface area contributed by atoms with Crippen LogP contribution in [0.2, 0.25) is 0 Å². The summed E-state index contributed by atoms with van der Waals surface area (Å²) in [4.78, 5) is 30.7. The van der Waals surface area contributed by atoms with Gasteiger partial charge in [0, 0.05) is 30.3 Å². The van der Waals surface area contributed by atoms with E-state index in [9.17, 15) is 9.59 Å². The summed E-state index contributed by atoms with van der Waals surface area (Å²) in [7, 11) is 0. The third-order valence-corrected chi connectivity index (χ3v) is 6.20. The van der Waals surface area contributed by atoms with E-state index in [0.717, 1.165) is 16.8 Å². The van der Waals surface area contributed by atoms with Gasteiger partial charge >= 0.3 is 0 Å². The molecule has 1 atom stereocenters. The van der Waals surface area contributed by atoms with Crippen LogP contribution in [-0.2, 0) is 9.53 Å². The summed E-state index contributed by atoms with van der Waals surface area (Å²) in [5.74, 6) is 0.339. The highest BCUT2D eigenvalue weighted by Gasteiger charge is 2.28. The SMILES string of the molecule is NC(=O)c1cccc(-c2ccc([C@@H]3CN(C(=O)CC4CCCCC4)CCO3)nc2)c1. The Hall–Kier alpha value is -2.73. The zero-order valence-corrected chi connectivity index (χ0v) is 17.3. The first-order chi connectivity index (χ1) is 14.6. The van der Waals surface area contributed by atoms with Gasteiger partial charge < -0.3 is 15.4 Å². The highest BCUT2D eigenvalue weighted by Crippen LogP contribution is 2.29. The number of benzene rings is 1. The lowest BCUT2D eigenvalue weighted by Crippen LogP contribution is -2.43. The van der Waals surface area contributed by atoms with Crippen molar-refractivity contribution in [2.45, 2.75) is 44.6 Å². The maximum Gasteiger partial charge on any atom is 0.248 e. The number of carbonyl (C=O) groups is 2. The summed E-state index contributed by atoms with van der Waals surface area (Å²) >= 11 is 0. The van der Waals surface area contributed by atoms with E-state index in [1.165, 1.54) is 32.1 Å². The number of morpholine rings is 1. The third kappa shape index (κ3) is 4.87. The van der Waals surface area contributed by atoms with Gasteiger partial charge in [0.1, 0.15) is 6.10 Å². The molecule has 1 aromatic heterocycles. The van der Waals surface area contributed by atoms with Crippen molar-refractivity contribution in [2.75, 3.05) is 19.7 Å². The van der Waals surface area contributed by atoms with Gasteiger partial charge in [-0.15, -0.1) is 0 Å². The van der Waals surface area contributed by atoms with Gasteiger partial charge in [0.05, 0.1) is 18.8 Å². The molecule has 4 rings (SSSR count). The van der Waals surface area contributed by atoms with Crippen LogP contribution in [0.5, 0.6) is 0 Å². The molecule has 2 amide bonds. The van der Waals surface area contributed by atoms with Crippen molar-refractivity contribution in [1.29, 1.82) is 0 Å². The highest BCUT2D eigenvalue weighted by atomic mass is 16.5. The topological polar surface area (TPSA) is 85.5 Å². The number of rotatable bonds is 5. The average molecular weight is 408 g/mol. The Morgan fingerprint density at radius 1 is 1.10 bits per heavy atom. The second kappa shape index (κ2) is 9.39. The van der Waals surface area contributed by atoms with Crippen molar-refractivity contribution in [3.63, 3.8) is 0 Å². The van der Waals surface area contributed by atoms with Gasteiger partial charge in [-0.1, -0.05) is 37.5 Å². The fraction of sp³-hybridized carbons (Fsp3) is 0.458. The standard InChI is InChI=1S/C24H29N3O3/c25-24(29)19-8-4-7-18(14-19)20-9-10-21(26-15-20)22-16-27(11-12-30-22)23(28)13-17-5-2-1-3-6-17/h4,7-10,14-15,17,22H,1-3,5-6,11-13,16H2,(H2,25,29)/t22-/m0/s1. The number of pyridine rings is 1. The molecule has 1 aliphatic heterocycles. The van der Waals surface area contributed by atoms with E-state index in [1.54, 1.807) is 18.3 Å². The molecule has 1 aliphatic carbocycles. The highest BCUT2D eigenvalue weighted by molar-refractivity contribution is 5.94. The van der Waals surface area contributed by atoms with Gasteiger partial charge in [-0.25, -0.2) is 0 Å². The molecule has 1 saturated carbocycles. The fourth-order valence-electron chi connectivity index (χ4n) is 4.44. The van der Waals surface area contributed by atoms with E-state index in [4.69, 9.17) is 10.5 Å². The first-order valence-electron chi connectivity index (χ1n) is 10.9. The van der Waals surface area contributed by atoms with Crippen LogP contribution in [0.25, 0.3) is 11.1 Å². The van der Waals surface area contributed by atoms with E-state index < -0.39 is 5.91 Å². The van der Waals surface area contributed by atoms with Crippen LogP contribution in [0.1, 0.15) is 60.7 Å². The molecule has 0 radical (unpaired) electrons. The van der Waals surface area contributed by atoms with Gasteiger partial charge in [-0.05, 0) is 42.5 Å². The molecule has 1 saturated heterocycles. The second-order valence-corrected chi connectivity index (χ2v) is 8.32. The number of ether oxygens (including phenoxy) is 1. The molecule has 2 N–H and O–H groups in total. The van der Waals surface area contributed by atoms with Gasteiger partial charge in [-0.3, -0.25) is 14.6 Å². The molecule has 0 unspecified atom stereocenters. The van der Waals surface area contributed by atoms with Crippen molar-refractivity contribution in [3.05, 3.63) is 53.9 Å². The quantitative estimate of drug-likeness (QED) is 0.819. The number of hydrogen-bond donors (Lipinski definition) is 1. The molecule has 2 aliphatic rings. The number of aromatic nitrogens is 1. The minimum Gasteiger partial charge on any atom is -0.368 e. The number of primary amides is 1. The number of carbonyl (C=O) groups excluding carboxylic acids is 2. The van der Waals surface area contributed by atoms with Crippen LogP contribution in [0.4, 0.5) is 0 Å². The van der Waals surface area contributed by atoms with Crippen molar-refractivity contribution >= 4 is 11.8 Å². The maximum absolute atomic E-state index is 12.8. The number of hydrogen-bond acceptors (Lipinski definition) is 4. The van der Waals surface area contributed by atoms with E-state index in [2.05, 4.69) is 4.98 Å². The molecule has 30 heavy (non-hydrogen) atoms. The fourth-order valence-corrected chi connectivity index (χ4v) is 4.44. The van der Waals surface area contributed by atoms with Crippen LogP contribution in [-0.4, -0.2) is 41.4 Å². The molecule has 2 fully saturated rings. The van der Waals surface area contributed by atoms with Gasteiger partial charge in [-0.2, -0.15) is 0 Å². The van der Waals surface area contributed by atoms with Gasteiger partial charge in [0.25, 0.3) is 0 Å². The van der Waals surface area contributed by atoms with Crippen LogP contribution in [0.3, 0.4) is 0 Å². The molecule has 2 aromatic rings. The van der Waals surface area contributed by atoms with Crippen molar-refractivity contribution in [1.82, 2.24) is 9.88 Å². The first kappa shape index (κ1) is 20.5. The molecule has 2 heterocycles. The van der Waals surface area contributed by atoms with Crippen LogP contribution in [0, 0.1) is 5.92 Å². The molecular weight excluding hydrogens is 378 g/mol. The summed E-state index contributed by atoms with van der Waals surface area (Å²) in [6.45, 7) is 1.74. The third-order valence-electron chi connectivity index (χ3n) is 6.20. The van der Waals surface area contributed by atoms with Gasteiger partial charge in [0.2, 0.25) is 11.8 Å². The number of nitrogens with zero attached hydrogens (tertiary/aromatic N) is 2. The minimum atomic E-state index is -0.449. The molecule has 1 aromatic carbocycles. The monoisotopic (exact) mass is 407 g/mol. The maximum atomic E-state index is 12.8. The van der Waals surface area contributed by atoms with E-state index in [-0.39, 0.29) is 12.0 Å². The first-order valence-corrected chi connectivity index (χ1v) is 10.9. The van der Waals surface area contributed by atoms with Crippen molar-refractivity contribution in [2.24, 2.45) is 11.7 Å². The predicted molar refractivity (Wildman–Crippen MR) is 115 cm³/mol. The van der Waals surface area contributed by atoms with E-state index >= 15 is 0 Å². The summed E-state index contributed by atoms with van der Waals surface area (Å²) < 4.78 is 5.91. The Morgan fingerprint density at radius 2 is 1.93 bits per heavy atom. The summed E-state index contributed by atoms with van der Waals surface area (Å²) in [5.41, 5.74) is 8.46. The Bertz CT molecular complexity index is 891. The predicted octanol–water partition coefficient (Wildman–Crippen LogP) is 3.72. The van der Waals surface area contributed by atoms with Crippen molar-refractivity contribution < 1.29 is 14.3 Å². The van der Waals surface area contributed by atoms with Gasteiger partial charge in [0.15, 0.2) is 0 Å². The Labute approximate surface area is 177 Å². The van der Waals surface area contributed by atoms with E-state index in [0.29, 0.717) is 37.6 Å². The lowest BCUT2D eigenvalue weighted by atomic mass is 9.86. The summed E-state index contributed by atoms with van der Waals surface area (Å²) in [6.07, 6.45) is 8.40. The van der Waals surface area contributed by atoms with Crippen molar-refractivity contribution in [3.8, 4) is 11.1 Å². The lowest BCUT2D eigenvalue weighted by Gasteiger charge is -2.34. The molecule has 6 nitrogen and oxygen atoms in total.